The summed E-state index contributed by atoms with van der Waals surface area (Å²) in [5.41, 5.74) is 0.466. The molecule has 14 heavy (non-hydrogen) atoms. The fraction of sp³-hybridized carbons (Fsp3) is 0.182. The lowest BCUT2D eigenvalue weighted by molar-refractivity contribution is 0.101. The van der Waals surface area contributed by atoms with Crippen LogP contribution >= 0.6 is 0 Å². The van der Waals surface area contributed by atoms with Crippen molar-refractivity contribution in [1.29, 1.82) is 0 Å². The molecule has 0 aliphatic rings. The number of ketones is 1. The number of aromatic hydroxyl groups is 1. The van der Waals surface area contributed by atoms with Crippen LogP contribution in [-0.4, -0.2) is 17.5 Å². The van der Waals surface area contributed by atoms with Gasteiger partial charge in [-0.25, -0.2) is 0 Å². The van der Waals surface area contributed by atoms with Gasteiger partial charge in [-0.1, -0.05) is 12.7 Å². The number of benzene rings is 1. The molecule has 0 fully saturated rings. The van der Waals surface area contributed by atoms with Gasteiger partial charge in [-0.15, -0.1) is 0 Å². The van der Waals surface area contributed by atoms with Crippen molar-refractivity contribution in [3.63, 3.8) is 0 Å². The number of phenolic OH excluding ortho intramolecular Hbond substituents is 1. The predicted octanol–water partition coefficient (Wildman–Crippen LogP) is 2.16. The quantitative estimate of drug-likeness (QED) is 0.587. The topological polar surface area (TPSA) is 46.5 Å². The van der Waals surface area contributed by atoms with E-state index in [0.717, 1.165) is 0 Å². The second-order valence-corrected chi connectivity index (χ2v) is 2.84. The number of Topliss-reactive ketones (excluding diaryl/α,β-unsaturated/α-hetero) is 1. The summed E-state index contributed by atoms with van der Waals surface area (Å²) >= 11 is 0. The number of carbonyl (C=O) groups excluding carboxylic acids is 1. The zero-order chi connectivity index (χ0) is 10.6. The van der Waals surface area contributed by atoms with Crippen molar-refractivity contribution in [3.05, 3.63) is 36.4 Å². The highest BCUT2D eigenvalue weighted by Crippen LogP contribution is 2.26. The molecule has 3 nitrogen and oxygen atoms in total. The Morgan fingerprint density at radius 3 is 2.86 bits per heavy atom. The molecule has 74 valence electrons. The van der Waals surface area contributed by atoms with Crippen molar-refractivity contribution in [2.75, 3.05) is 6.61 Å². The molecular weight excluding hydrogens is 180 g/mol. The Balaban J connectivity index is 2.89. The van der Waals surface area contributed by atoms with Crippen LogP contribution in [0.5, 0.6) is 11.5 Å². The summed E-state index contributed by atoms with van der Waals surface area (Å²) in [4.78, 5) is 11.0. The summed E-state index contributed by atoms with van der Waals surface area (Å²) < 4.78 is 5.14. The third-order valence-corrected chi connectivity index (χ3v) is 1.72. The first-order valence-electron chi connectivity index (χ1n) is 4.23. The van der Waals surface area contributed by atoms with Crippen LogP contribution in [0.25, 0.3) is 0 Å². The molecule has 0 aromatic heterocycles. The average Bonchev–Trinajstić information content (AvgIpc) is 2.15. The van der Waals surface area contributed by atoms with Gasteiger partial charge in [0.05, 0.1) is 0 Å². The number of ether oxygens (including phenoxy) is 1. The Bertz CT molecular complexity index is 356. The predicted molar refractivity (Wildman–Crippen MR) is 53.8 cm³/mol. The van der Waals surface area contributed by atoms with Gasteiger partial charge >= 0.3 is 0 Å². The Morgan fingerprint density at radius 1 is 1.64 bits per heavy atom. The normalized spacial score (nSPS) is 9.50. The number of rotatable bonds is 4. The smallest absolute Gasteiger partial charge is 0.161 e. The fourth-order valence-corrected chi connectivity index (χ4v) is 1.01. The van der Waals surface area contributed by atoms with E-state index in [1.165, 1.54) is 13.0 Å². The van der Waals surface area contributed by atoms with E-state index >= 15 is 0 Å². The molecule has 0 spiro atoms. The van der Waals surface area contributed by atoms with Crippen LogP contribution in [-0.2, 0) is 0 Å². The van der Waals surface area contributed by atoms with Crippen LogP contribution < -0.4 is 4.74 Å². The highest BCUT2D eigenvalue weighted by Gasteiger charge is 2.05. The van der Waals surface area contributed by atoms with Crippen molar-refractivity contribution in [2.45, 2.75) is 6.92 Å². The molecule has 0 aliphatic heterocycles. The first-order valence-corrected chi connectivity index (χ1v) is 4.23. The summed E-state index contributed by atoms with van der Waals surface area (Å²) in [5.74, 6) is 0.241. The molecule has 3 heteroatoms. The van der Waals surface area contributed by atoms with Gasteiger partial charge in [0.25, 0.3) is 0 Å². The van der Waals surface area contributed by atoms with E-state index in [0.29, 0.717) is 17.9 Å². The third-order valence-electron chi connectivity index (χ3n) is 1.72. The van der Waals surface area contributed by atoms with Crippen LogP contribution in [0, 0.1) is 0 Å². The lowest BCUT2D eigenvalue weighted by Crippen LogP contribution is -1.95. The molecule has 0 saturated heterocycles. The van der Waals surface area contributed by atoms with Gasteiger partial charge < -0.3 is 9.84 Å². The van der Waals surface area contributed by atoms with Gasteiger partial charge in [-0.3, -0.25) is 4.79 Å². The van der Waals surface area contributed by atoms with Crippen LogP contribution in [0.3, 0.4) is 0 Å². The minimum atomic E-state index is -0.0874. The van der Waals surface area contributed by atoms with Gasteiger partial charge in [0.15, 0.2) is 17.3 Å². The van der Waals surface area contributed by atoms with E-state index in [4.69, 9.17) is 4.74 Å². The van der Waals surface area contributed by atoms with Crippen LogP contribution in [0.2, 0.25) is 0 Å². The molecule has 1 aromatic carbocycles. The Kier molecular flexibility index (Phi) is 3.29. The molecule has 0 amide bonds. The molecule has 0 aliphatic carbocycles. The van der Waals surface area contributed by atoms with E-state index in [9.17, 15) is 9.90 Å². The first-order chi connectivity index (χ1) is 6.65. The van der Waals surface area contributed by atoms with Crippen molar-refractivity contribution < 1.29 is 14.6 Å². The lowest BCUT2D eigenvalue weighted by atomic mass is 10.1. The molecule has 0 atom stereocenters. The second-order valence-electron chi connectivity index (χ2n) is 2.84. The van der Waals surface area contributed by atoms with Crippen LogP contribution in [0.15, 0.2) is 30.9 Å². The SMILES string of the molecule is C=CCOc1ccc(C(C)=O)cc1O. The largest absolute Gasteiger partial charge is 0.504 e. The molecule has 0 unspecified atom stereocenters. The summed E-state index contributed by atoms with van der Waals surface area (Å²) in [6.45, 7) is 5.26. The minimum absolute atomic E-state index is 0.0282. The maximum Gasteiger partial charge on any atom is 0.161 e. The minimum Gasteiger partial charge on any atom is -0.504 e. The van der Waals surface area contributed by atoms with Crippen molar-refractivity contribution in [2.24, 2.45) is 0 Å². The van der Waals surface area contributed by atoms with E-state index in [2.05, 4.69) is 6.58 Å². The highest BCUT2D eigenvalue weighted by molar-refractivity contribution is 5.94. The van der Waals surface area contributed by atoms with Crippen molar-refractivity contribution in [1.82, 2.24) is 0 Å². The molecule has 0 radical (unpaired) electrons. The standard InChI is InChI=1S/C11H12O3/c1-3-6-14-11-5-4-9(8(2)12)7-10(11)13/h3-5,7,13H,1,6H2,2H3. The maximum absolute atomic E-state index is 11.0. The zero-order valence-electron chi connectivity index (χ0n) is 7.99. The zero-order valence-corrected chi connectivity index (χ0v) is 7.99. The summed E-state index contributed by atoms with van der Waals surface area (Å²) in [6.07, 6.45) is 1.58. The van der Waals surface area contributed by atoms with Crippen LogP contribution in [0.1, 0.15) is 17.3 Å². The van der Waals surface area contributed by atoms with Gasteiger partial charge in [0.2, 0.25) is 0 Å². The van der Waals surface area contributed by atoms with E-state index in [-0.39, 0.29) is 11.5 Å². The van der Waals surface area contributed by atoms with Gasteiger partial charge in [0.1, 0.15) is 6.61 Å². The molecule has 0 saturated carbocycles. The van der Waals surface area contributed by atoms with Crippen molar-refractivity contribution >= 4 is 5.78 Å². The molecular formula is C11H12O3. The van der Waals surface area contributed by atoms with Gasteiger partial charge in [-0.2, -0.15) is 0 Å². The van der Waals surface area contributed by atoms with Gasteiger partial charge in [0, 0.05) is 5.56 Å². The molecule has 0 heterocycles. The molecule has 1 rings (SSSR count). The van der Waals surface area contributed by atoms with Crippen molar-refractivity contribution in [3.8, 4) is 11.5 Å². The molecule has 1 aromatic rings. The highest BCUT2D eigenvalue weighted by atomic mass is 16.5. The summed E-state index contributed by atoms with van der Waals surface area (Å²) in [7, 11) is 0. The number of hydrogen-bond acceptors (Lipinski definition) is 3. The van der Waals surface area contributed by atoms with Crippen LogP contribution in [0.4, 0.5) is 0 Å². The molecule has 0 bridgehead atoms. The van der Waals surface area contributed by atoms with E-state index < -0.39 is 0 Å². The monoisotopic (exact) mass is 192 g/mol. The Morgan fingerprint density at radius 2 is 2.36 bits per heavy atom. The molecule has 1 N–H and O–H groups in total. The Labute approximate surface area is 82.6 Å². The second kappa shape index (κ2) is 4.46. The fourth-order valence-electron chi connectivity index (χ4n) is 1.01. The van der Waals surface area contributed by atoms with E-state index in [1.807, 2.05) is 0 Å². The number of carbonyl (C=O) groups is 1. The van der Waals surface area contributed by atoms with E-state index in [1.54, 1.807) is 18.2 Å². The third kappa shape index (κ3) is 2.36. The maximum atomic E-state index is 11.0. The summed E-state index contributed by atoms with van der Waals surface area (Å²) in [6, 6.07) is 4.57. The lowest BCUT2D eigenvalue weighted by Gasteiger charge is -2.06. The summed E-state index contributed by atoms with van der Waals surface area (Å²) in [5, 5.41) is 9.46. The number of hydrogen-bond donors (Lipinski definition) is 1. The number of phenols is 1. The first kappa shape index (κ1) is 10.3. The van der Waals surface area contributed by atoms with Gasteiger partial charge in [-0.05, 0) is 25.1 Å². The average molecular weight is 192 g/mol. The Hall–Kier alpha value is -1.77.